The van der Waals surface area contributed by atoms with Crippen LogP contribution in [0.4, 0.5) is 5.13 Å². The lowest BCUT2D eigenvalue weighted by Crippen LogP contribution is -2.27. The molecule has 2 amide bonds. The Labute approximate surface area is 107 Å². The van der Waals surface area contributed by atoms with Crippen molar-refractivity contribution in [2.45, 2.75) is 6.42 Å². The van der Waals surface area contributed by atoms with Gasteiger partial charge in [-0.15, -0.1) is 11.3 Å². The van der Waals surface area contributed by atoms with Crippen molar-refractivity contribution in [1.82, 2.24) is 10.3 Å². The van der Waals surface area contributed by atoms with Gasteiger partial charge in [-0.1, -0.05) is 0 Å². The Hall–Kier alpha value is -2.15. The van der Waals surface area contributed by atoms with Crippen molar-refractivity contribution < 1.29 is 14.0 Å². The number of hydrogen-bond acceptors (Lipinski definition) is 5. The molecule has 0 unspecified atom stereocenters. The highest BCUT2D eigenvalue weighted by Gasteiger charge is 2.08. The van der Waals surface area contributed by atoms with Crippen molar-refractivity contribution in [3.05, 3.63) is 35.7 Å². The number of carbonyl (C=O) groups is 2. The number of furan rings is 1. The highest BCUT2D eigenvalue weighted by Crippen LogP contribution is 2.10. The number of anilines is 1. The number of nitrogens with zero attached hydrogens (tertiary/aromatic N) is 1. The molecule has 94 valence electrons. The van der Waals surface area contributed by atoms with Crippen LogP contribution in [0.2, 0.25) is 0 Å². The first-order valence-corrected chi connectivity index (χ1v) is 6.13. The molecule has 2 N–H and O–H groups in total. The molecule has 2 aromatic heterocycles. The standard InChI is InChI=1S/C11H11N3O3S/c15-9(14-11-13-4-6-18-11)1-3-12-10(16)8-2-5-17-7-8/h2,4-7H,1,3H2,(H,12,16)(H,13,14,15). The van der Waals surface area contributed by atoms with E-state index >= 15 is 0 Å². The first kappa shape index (κ1) is 12.3. The van der Waals surface area contributed by atoms with E-state index in [2.05, 4.69) is 15.6 Å². The first-order chi connectivity index (χ1) is 8.75. The number of carbonyl (C=O) groups excluding carboxylic acids is 2. The van der Waals surface area contributed by atoms with Crippen LogP contribution in [0.15, 0.2) is 34.6 Å². The Kier molecular flexibility index (Phi) is 4.08. The van der Waals surface area contributed by atoms with E-state index in [1.165, 1.54) is 23.9 Å². The van der Waals surface area contributed by atoms with E-state index in [1.54, 1.807) is 17.6 Å². The van der Waals surface area contributed by atoms with Crippen LogP contribution in [0.3, 0.4) is 0 Å². The molecular weight excluding hydrogens is 254 g/mol. The Bertz CT molecular complexity index is 508. The van der Waals surface area contributed by atoms with E-state index in [0.717, 1.165) is 0 Å². The minimum Gasteiger partial charge on any atom is -0.472 e. The Morgan fingerprint density at radius 3 is 3.00 bits per heavy atom. The molecule has 2 aromatic rings. The fraction of sp³-hybridized carbons (Fsp3) is 0.182. The summed E-state index contributed by atoms with van der Waals surface area (Å²) in [6, 6.07) is 1.56. The summed E-state index contributed by atoms with van der Waals surface area (Å²) < 4.78 is 4.79. The average molecular weight is 265 g/mol. The third-order valence-corrected chi connectivity index (χ3v) is 2.79. The number of hydrogen-bond donors (Lipinski definition) is 2. The molecule has 0 aliphatic carbocycles. The molecule has 0 aliphatic rings. The molecule has 0 atom stereocenters. The Morgan fingerprint density at radius 1 is 1.44 bits per heavy atom. The van der Waals surface area contributed by atoms with Crippen LogP contribution in [0, 0.1) is 0 Å². The van der Waals surface area contributed by atoms with Gasteiger partial charge in [-0.2, -0.15) is 0 Å². The van der Waals surface area contributed by atoms with E-state index in [1.807, 2.05) is 0 Å². The average Bonchev–Trinajstić information content (AvgIpc) is 3.00. The number of thiazole rings is 1. The SMILES string of the molecule is O=C(CCNC(=O)c1ccoc1)Nc1nccs1. The second-order valence-corrected chi connectivity index (χ2v) is 4.30. The fourth-order valence-electron chi connectivity index (χ4n) is 1.25. The molecule has 0 fully saturated rings. The van der Waals surface area contributed by atoms with Gasteiger partial charge in [0.15, 0.2) is 5.13 Å². The molecule has 2 heterocycles. The maximum Gasteiger partial charge on any atom is 0.254 e. The van der Waals surface area contributed by atoms with Gasteiger partial charge in [0.1, 0.15) is 6.26 Å². The Balaban J connectivity index is 1.69. The summed E-state index contributed by atoms with van der Waals surface area (Å²) >= 11 is 1.35. The number of amides is 2. The predicted molar refractivity (Wildman–Crippen MR) is 66.4 cm³/mol. The van der Waals surface area contributed by atoms with Crippen LogP contribution in [0.5, 0.6) is 0 Å². The molecule has 2 rings (SSSR count). The summed E-state index contributed by atoms with van der Waals surface area (Å²) in [5.74, 6) is -0.441. The largest absolute Gasteiger partial charge is 0.472 e. The summed E-state index contributed by atoms with van der Waals surface area (Å²) in [5, 5.41) is 7.58. The van der Waals surface area contributed by atoms with Crippen molar-refractivity contribution in [3.8, 4) is 0 Å². The molecule has 0 saturated heterocycles. The number of aromatic nitrogens is 1. The summed E-state index contributed by atoms with van der Waals surface area (Å²) in [7, 11) is 0. The second-order valence-electron chi connectivity index (χ2n) is 3.40. The smallest absolute Gasteiger partial charge is 0.254 e. The number of nitrogens with one attached hydrogen (secondary N) is 2. The van der Waals surface area contributed by atoms with Crippen LogP contribution in [0.25, 0.3) is 0 Å². The van der Waals surface area contributed by atoms with Crippen molar-refractivity contribution in [2.75, 3.05) is 11.9 Å². The van der Waals surface area contributed by atoms with Crippen molar-refractivity contribution in [3.63, 3.8) is 0 Å². The van der Waals surface area contributed by atoms with Gasteiger partial charge >= 0.3 is 0 Å². The molecule has 0 radical (unpaired) electrons. The fourth-order valence-corrected chi connectivity index (χ4v) is 1.80. The molecule has 0 aromatic carbocycles. The second kappa shape index (κ2) is 5.97. The molecular formula is C11H11N3O3S. The van der Waals surface area contributed by atoms with Crippen LogP contribution >= 0.6 is 11.3 Å². The number of rotatable bonds is 5. The first-order valence-electron chi connectivity index (χ1n) is 5.25. The van der Waals surface area contributed by atoms with E-state index in [9.17, 15) is 9.59 Å². The van der Waals surface area contributed by atoms with Gasteiger partial charge in [0.25, 0.3) is 5.91 Å². The summed E-state index contributed by atoms with van der Waals surface area (Å²) in [6.45, 7) is 0.265. The van der Waals surface area contributed by atoms with Gasteiger partial charge in [0.05, 0.1) is 11.8 Å². The highest BCUT2D eigenvalue weighted by atomic mass is 32.1. The van der Waals surface area contributed by atoms with Crippen molar-refractivity contribution >= 4 is 28.3 Å². The third-order valence-electron chi connectivity index (χ3n) is 2.10. The minimum atomic E-state index is -0.259. The van der Waals surface area contributed by atoms with Crippen molar-refractivity contribution in [1.29, 1.82) is 0 Å². The quantitative estimate of drug-likeness (QED) is 0.858. The lowest BCUT2D eigenvalue weighted by atomic mass is 10.3. The van der Waals surface area contributed by atoms with E-state index in [0.29, 0.717) is 10.7 Å². The van der Waals surface area contributed by atoms with Crippen LogP contribution in [-0.4, -0.2) is 23.3 Å². The zero-order chi connectivity index (χ0) is 12.8. The zero-order valence-electron chi connectivity index (χ0n) is 9.38. The van der Waals surface area contributed by atoms with Gasteiger partial charge < -0.3 is 15.1 Å². The normalized spacial score (nSPS) is 10.0. The maximum atomic E-state index is 11.5. The predicted octanol–water partition coefficient (Wildman–Crippen LogP) is 1.49. The van der Waals surface area contributed by atoms with E-state index < -0.39 is 0 Å². The van der Waals surface area contributed by atoms with Crippen LogP contribution in [-0.2, 0) is 4.79 Å². The van der Waals surface area contributed by atoms with Gasteiger partial charge in [-0.3, -0.25) is 9.59 Å². The molecule has 18 heavy (non-hydrogen) atoms. The van der Waals surface area contributed by atoms with E-state index in [4.69, 9.17) is 4.42 Å². The molecule has 0 bridgehead atoms. The highest BCUT2D eigenvalue weighted by molar-refractivity contribution is 7.13. The van der Waals surface area contributed by atoms with Gasteiger partial charge in [-0.05, 0) is 6.07 Å². The monoisotopic (exact) mass is 265 g/mol. The lowest BCUT2D eigenvalue weighted by Gasteiger charge is -2.03. The summed E-state index contributed by atoms with van der Waals surface area (Å²) in [6.07, 6.45) is 4.58. The molecule has 0 saturated carbocycles. The maximum absolute atomic E-state index is 11.5. The van der Waals surface area contributed by atoms with Gasteiger partial charge in [-0.25, -0.2) is 4.98 Å². The summed E-state index contributed by atoms with van der Waals surface area (Å²) in [5.41, 5.74) is 0.440. The van der Waals surface area contributed by atoms with Crippen LogP contribution in [0.1, 0.15) is 16.8 Å². The summed E-state index contributed by atoms with van der Waals surface area (Å²) in [4.78, 5) is 26.9. The molecule has 0 aliphatic heterocycles. The zero-order valence-corrected chi connectivity index (χ0v) is 10.2. The minimum absolute atomic E-state index is 0.183. The topological polar surface area (TPSA) is 84.2 Å². The van der Waals surface area contributed by atoms with Gasteiger partial charge in [0, 0.05) is 24.5 Å². The molecule has 6 nitrogen and oxygen atoms in total. The van der Waals surface area contributed by atoms with E-state index in [-0.39, 0.29) is 24.8 Å². The molecule has 7 heteroatoms. The molecule has 0 spiro atoms. The van der Waals surface area contributed by atoms with Gasteiger partial charge in [0.2, 0.25) is 5.91 Å². The third kappa shape index (κ3) is 3.42. The Morgan fingerprint density at radius 2 is 2.33 bits per heavy atom. The lowest BCUT2D eigenvalue weighted by molar-refractivity contribution is -0.116. The van der Waals surface area contributed by atoms with Crippen molar-refractivity contribution in [2.24, 2.45) is 0 Å². The van der Waals surface area contributed by atoms with Crippen LogP contribution < -0.4 is 10.6 Å².